The van der Waals surface area contributed by atoms with Crippen LogP contribution in [0.3, 0.4) is 0 Å². The monoisotopic (exact) mass is 435 g/mol. The van der Waals surface area contributed by atoms with Gasteiger partial charge in [0.05, 0.1) is 5.75 Å². The second kappa shape index (κ2) is 10.0. The number of nitrogens with one attached hydrogen (secondary N) is 1. The Balaban J connectivity index is 1.36. The molecule has 1 saturated heterocycles. The van der Waals surface area contributed by atoms with Crippen molar-refractivity contribution in [1.29, 1.82) is 0 Å². The molecule has 7 heteroatoms. The van der Waals surface area contributed by atoms with Crippen LogP contribution in [-0.4, -0.2) is 39.5 Å². The van der Waals surface area contributed by atoms with Gasteiger partial charge in [-0.15, -0.1) is 10.2 Å². The van der Waals surface area contributed by atoms with Crippen LogP contribution in [0.5, 0.6) is 0 Å². The highest BCUT2D eigenvalue weighted by molar-refractivity contribution is 7.99. The lowest BCUT2D eigenvalue weighted by atomic mass is 10.1. The minimum atomic E-state index is -0.0428. The average Bonchev–Trinajstić information content (AvgIpc) is 3.22. The quantitative estimate of drug-likeness (QED) is 0.530. The number of benzene rings is 2. The SMILES string of the molecule is CCn1c(SCC(=O)Nc2ccc(N3CCCCC3)cc2)nnc1-c1ccccc1C. The van der Waals surface area contributed by atoms with E-state index in [-0.39, 0.29) is 5.91 Å². The molecule has 162 valence electrons. The van der Waals surface area contributed by atoms with Gasteiger partial charge in [-0.05, 0) is 62.9 Å². The highest BCUT2D eigenvalue weighted by Crippen LogP contribution is 2.26. The highest BCUT2D eigenvalue weighted by atomic mass is 32.2. The third kappa shape index (κ3) is 5.10. The van der Waals surface area contributed by atoms with Gasteiger partial charge in [0, 0.05) is 36.6 Å². The zero-order valence-electron chi connectivity index (χ0n) is 18.2. The van der Waals surface area contributed by atoms with E-state index in [1.165, 1.54) is 36.7 Å². The zero-order valence-corrected chi connectivity index (χ0v) is 19.0. The lowest BCUT2D eigenvalue weighted by Gasteiger charge is -2.28. The first-order chi connectivity index (χ1) is 15.2. The predicted octanol–water partition coefficient (Wildman–Crippen LogP) is 4.99. The molecule has 4 rings (SSSR count). The van der Waals surface area contributed by atoms with Crippen LogP contribution in [0, 0.1) is 6.92 Å². The van der Waals surface area contributed by atoms with Gasteiger partial charge in [0.25, 0.3) is 0 Å². The van der Waals surface area contributed by atoms with Crippen LogP contribution >= 0.6 is 11.8 Å². The fourth-order valence-electron chi connectivity index (χ4n) is 3.94. The summed E-state index contributed by atoms with van der Waals surface area (Å²) in [6.45, 7) is 7.12. The van der Waals surface area contributed by atoms with E-state index in [0.717, 1.165) is 47.4 Å². The molecule has 0 saturated carbocycles. The van der Waals surface area contributed by atoms with Gasteiger partial charge in [0.15, 0.2) is 11.0 Å². The summed E-state index contributed by atoms with van der Waals surface area (Å²) in [5.41, 5.74) is 4.28. The molecule has 31 heavy (non-hydrogen) atoms. The van der Waals surface area contributed by atoms with Crippen molar-refractivity contribution in [1.82, 2.24) is 14.8 Å². The molecule has 2 heterocycles. The molecule has 0 radical (unpaired) electrons. The van der Waals surface area contributed by atoms with Crippen molar-refractivity contribution in [2.45, 2.75) is 44.8 Å². The van der Waals surface area contributed by atoms with Crippen molar-refractivity contribution in [3.63, 3.8) is 0 Å². The second-order valence-electron chi connectivity index (χ2n) is 7.80. The minimum absolute atomic E-state index is 0.0428. The number of thioether (sulfide) groups is 1. The number of hydrogen-bond acceptors (Lipinski definition) is 5. The molecule has 0 spiro atoms. The zero-order chi connectivity index (χ0) is 21.6. The van der Waals surface area contributed by atoms with Gasteiger partial charge >= 0.3 is 0 Å². The molecule has 0 aliphatic carbocycles. The number of nitrogens with zero attached hydrogens (tertiary/aromatic N) is 4. The molecule has 6 nitrogen and oxygen atoms in total. The molecule has 0 unspecified atom stereocenters. The van der Waals surface area contributed by atoms with E-state index in [4.69, 9.17) is 0 Å². The van der Waals surface area contributed by atoms with Crippen molar-refractivity contribution in [2.75, 3.05) is 29.1 Å². The first-order valence-corrected chi connectivity index (χ1v) is 11.9. The normalized spacial score (nSPS) is 13.9. The number of rotatable bonds is 7. The van der Waals surface area contributed by atoms with Crippen LogP contribution in [-0.2, 0) is 11.3 Å². The van der Waals surface area contributed by atoms with Crippen LogP contribution in [0.15, 0.2) is 53.7 Å². The number of hydrogen-bond donors (Lipinski definition) is 1. The summed E-state index contributed by atoms with van der Waals surface area (Å²) in [6, 6.07) is 16.3. The van der Waals surface area contributed by atoms with Gasteiger partial charge in [-0.3, -0.25) is 4.79 Å². The Labute approximate surface area is 188 Å². The maximum absolute atomic E-state index is 12.5. The number of amides is 1. The molecule has 2 aromatic carbocycles. The Morgan fingerprint density at radius 1 is 1.03 bits per heavy atom. The molecule has 1 N–H and O–H groups in total. The number of aromatic nitrogens is 3. The molecule has 3 aromatic rings. The van der Waals surface area contributed by atoms with Crippen LogP contribution in [0.2, 0.25) is 0 Å². The van der Waals surface area contributed by atoms with Crippen molar-refractivity contribution in [3.05, 3.63) is 54.1 Å². The molecule has 0 atom stereocenters. The second-order valence-corrected chi connectivity index (χ2v) is 8.74. The fraction of sp³-hybridized carbons (Fsp3) is 0.375. The lowest BCUT2D eigenvalue weighted by molar-refractivity contribution is -0.113. The Morgan fingerprint density at radius 3 is 2.48 bits per heavy atom. The van der Waals surface area contributed by atoms with E-state index in [1.54, 1.807) is 0 Å². The molecule has 1 fully saturated rings. The fourth-order valence-corrected chi connectivity index (χ4v) is 4.74. The van der Waals surface area contributed by atoms with Crippen molar-refractivity contribution >= 4 is 29.0 Å². The highest BCUT2D eigenvalue weighted by Gasteiger charge is 2.16. The Kier molecular flexibility index (Phi) is 6.92. The van der Waals surface area contributed by atoms with Crippen LogP contribution in [0.1, 0.15) is 31.7 Å². The minimum Gasteiger partial charge on any atom is -0.372 e. The number of carbonyl (C=O) groups excluding carboxylic acids is 1. The van der Waals surface area contributed by atoms with E-state index in [0.29, 0.717) is 5.75 Å². The molecule has 1 aliphatic heterocycles. The molecule has 1 amide bonds. The summed E-state index contributed by atoms with van der Waals surface area (Å²) in [6.07, 6.45) is 3.83. The smallest absolute Gasteiger partial charge is 0.234 e. The summed E-state index contributed by atoms with van der Waals surface area (Å²) >= 11 is 1.42. The first-order valence-electron chi connectivity index (χ1n) is 10.9. The predicted molar refractivity (Wildman–Crippen MR) is 128 cm³/mol. The number of carbonyl (C=O) groups is 1. The topological polar surface area (TPSA) is 63.1 Å². The molecule has 1 aromatic heterocycles. The third-order valence-electron chi connectivity index (χ3n) is 5.62. The maximum Gasteiger partial charge on any atom is 0.234 e. The Morgan fingerprint density at radius 2 is 1.77 bits per heavy atom. The molecular formula is C24H29N5OS. The van der Waals surface area contributed by atoms with Crippen LogP contribution in [0.4, 0.5) is 11.4 Å². The van der Waals surface area contributed by atoms with Crippen LogP contribution in [0.25, 0.3) is 11.4 Å². The average molecular weight is 436 g/mol. The molecule has 1 aliphatic rings. The standard InChI is InChI=1S/C24H29N5OS/c1-3-29-23(21-10-6-5-9-18(21)2)26-27-24(29)31-17-22(30)25-19-11-13-20(14-12-19)28-15-7-4-8-16-28/h5-6,9-14H,3-4,7-8,15-17H2,1-2H3,(H,25,30). The van der Waals surface area contributed by atoms with Crippen molar-refractivity contribution in [3.8, 4) is 11.4 Å². The Bertz CT molecular complexity index is 1020. The largest absolute Gasteiger partial charge is 0.372 e. The summed E-state index contributed by atoms with van der Waals surface area (Å²) in [4.78, 5) is 14.9. The Hall–Kier alpha value is -2.80. The van der Waals surface area contributed by atoms with E-state index < -0.39 is 0 Å². The summed E-state index contributed by atoms with van der Waals surface area (Å²) in [5, 5.41) is 12.5. The van der Waals surface area contributed by atoms with Gasteiger partial charge in [-0.2, -0.15) is 0 Å². The summed E-state index contributed by atoms with van der Waals surface area (Å²) in [5.74, 6) is 1.09. The molecule has 0 bridgehead atoms. The molecular weight excluding hydrogens is 406 g/mol. The number of anilines is 2. The van der Waals surface area contributed by atoms with E-state index in [9.17, 15) is 4.79 Å². The number of aryl methyl sites for hydroxylation is 1. The van der Waals surface area contributed by atoms with E-state index in [1.807, 2.05) is 24.3 Å². The third-order valence-corrected chi connectivity index (χ3v) is 6.59. The number of piperidine rings is 1. The lowest BCUT2D eigenvalue weighted by Crippen LogP contribution is -2.29. The maximum atomic E-state index is 12.5. The van der Waals surface area contributed by atoms with E-state index >= 15 is 0 Å². The van der Waals surface area contributed by atoms with Crippen molar-refractivity contribution < 1.29 is 4.79 Å². The van der Waals surface area contributed by atoms with Gasteiger partial charge in [0.2, 0.25) is 5.91 Å². The first kappa shape index (κ1) is 21.4. The van der Waals surface area contributed by atoms with Gasteiger partial charge in [0.1, 0.15) is 0 Å². The summed E-state index contributed by atoms with van der Waals surface area (Å²) in [7, 11) is 0. The van der Waals surface area contributed by atoms with E-state index in [2.05, 4.69) is 63.1 Å². The summed E-state index contributed by atoms with van der Waals surface area (Å²) < 4.78 is 2.06. The van der Waals surface area contributed by atoms with Gasteiger partial charge < -0.3 is 14.8 Å². The van der Waals surface area contributed by atoms with Crippen molar-refractivity contribution in [2.24, 2.45) is 0 Å². The van der Waals surface area contributed by atoms with Gasteiger partial charge in [-0.25, -0.2) is 0 Å². The van der Waals surface area contributed by atoms with Crippen LogP contribution < -0.4 is 10.2 Å². The van der Waals surface area contributed by atoms with Gasteiger partial charge in [-0.1, -0.05) is 36.0 Å².